The van der Waals surface area contributed by atoms with E-state index in [-0.39, 0.29) is 17.4 Å². The molecule has 1 N–H and O–H groups in total. The third kappa shape index (κ3) is 5.21. The van der Waals surface area contributed by atoms with Gasteiger partial charge in [-0.05, 0) is 62.2 Å². The van der Waals surface area contributed by atoms with Gasteiger partial charge in [0.05, 0.1) is 31.2 Å². The van der Waals surface area contributed by atoms with E-state index in [0.29, 0.717) is 36.6 Å². The van der Waals surface area contributed by atoms with E-state index in [0.717, 1.165) is 5.56 Å². The van der Waals surface area contributed by atoms with E-state index in [2.05, 4.69) is 4.98 Å². The zero-order valence-corrected chi connectivity index (χ0v) is 20.0. The first-order valence-corrected chi connectivity index (χ1v) is 11.5. The highest BCUT2D eigenvalue weighted by Crippen LogP contribution is 2.40. The maximum atomic E-state index is 13.2. The molecular formula is C27H29N3O5. The number of aryl methyl sites for hydroxylation is 1. The summed E-state index contributed by atoms with van der Waals surface area (Å²) in [7, 11) is 1.55. The van der Waals surface area contributed by atoms with E-state index in [1.165, 1.54) is 4.90 Å². The van der Waals surface area contributed by atoms with Crippen LogP contribution in [0, 0.1) is 0 Å². The lowest BCUT2D eigenvalue weighted by atomic mass is 9.95. The van der Waals surface area contributed by atoms with E-state index >= 15 is 0 Å². The van der Waals surface area contributed by atoms with Crippen molar-refractivity contribution in [2.75, 3.05) is 13.7 Å². The molecule has 1 aliphatic heterocycles. The summed E-state index contributed by atoms with van der Waals surface area (Å²) in [5, 5.41) is 11.2. The van der Waals surface area contributed by atoms with Gasteiger partial charge in [-0.25, -0.2) is 4.98 Å². The number of carbonyl (C=O) groups is 2. The molecule has 0 unspecified atom stereocenters. The quantitative estimate of drug-likeness (QED) is 0.283. The predicted molar refractivity (Wildman–Crippen MR) is 131 cm³/mol. The summed E-state index contributed by atoms with van der Waals surface area (Å²) in [5.74, 6) is -0.225. The highest BCUT2D eigenvalue weighted by atomic mass is 16.5. The number of hydrogen-bond acceptors (Lipinski definition) is 6. The molecular weight excluding hydrogens is 446 g/mol. The van der Waals surface area contributed by atoms with E-state index in [4.69, 9.17) is 9.47 Å². The minimum atomic E-state index is -0.715. The van der Waals surface area contributed by atoms with Crippen LogP contribution in [0.1, 0.15) is 37.4 Å². The van der Waals surface area contributed by atoms with Gasteiger partial charge in [0.15, 0.2) is 0 Å². The summed E-state index contributed by atoms with van der Waals surface area (Å²) in [4.78, 5) is 31.8. The van der Waals surface area contributed by atoms with Crippen LogP contribution in [0.15, 0.2) is 72.8 Å². The van der Waals surface area contributed by atoms with Crippen LogP contribution < -0.4 is 9.47 Å². The molecule has 2 heterocycles. The standard InChI is InChI=1S/C27H29N3O5/c1-18(2)35-22-11-5-19(6-12-22)24-23(25(31)20-7-9-21(34-3)10-8-20)26(32)27(33)30(24)15-4-14-29-16-13-28-17-29/h5-13,16-18,24,31H,4,14-15H2,1-3H3/t24-/m0/s1. The van der Waals surface area contributed by atoms with Gasteiger partial charge in [0.2, 0.25) is 0 Å². The number of amides is 1. The van der Waals surface area contributed by atoms with Crippen LogP contribution >= 0.6 is 0 Å². The Kier molecular flexibility index (Phi) is 7.19. The van der Waals surface area contributed by atoms with Gasteiger partial charge >= 0.3 is 0 Å². The maximum absolute atomic E-state index is 13.2. The molecule has 3 aromatic rings. The number of aliphatic hydroxyl groups is 1. The molecule has 1 aromatic heterocycles. The van der Waals surface area contributed by atoms with Crippen LogP contribution in [0.4, 0.5) is 0 Å². The largest absolute Gasteiger partial charge is 0.507 e. The number of nitrogens with zero attached hydrogens (tertiary/aromatic N) is 3. The van der Waals surface area contributed by atoms with Crippen molar-refractivity contribution in [2.24, 2.45) is 0 Å². The van der Waals surface area contributed by atoms with Crippen LogP contribution in [0.3, 0.4) is 0 Å². The lowest BCUT2D eigenvalue weighted by Gasteiger charge is -2.25. The summed E-state index contributed by atoms with van der Waals surface area (Å²) in [6.07, 6.45) is 5.90. The second-order valence-corrected chi connectivity index (χ2v) is 8.61. The SMILES string of the molecule is COc1ccc(C(O)=C2C(=O)C(=O)N(CCCn3ccnc3)[C@H]2c2ccc(OC(C)C)cc2)cc1. The number of ether oxygens (including phenoxy) is 2. The molecule has 1 amide bonds. The summed E-state index contributed by atoms with van der Waals surface area (Å²) < 4.78 is 12.8. The fourth-order valence-corrected chi connectivity index (χ4v) is 4.21. The molecule has 35 heavy (non-hydrogen) atoms. The highest BCUT2D eigenvalue weighted by Gasteiger charge is 2.45. The van der Waals surface area contributed by atoms with Crippen molar-refractivity contribution < 1.29 is 24.2 Å². The van der Waals surface area contributed by atoms with Crippen molar-refractivity contribution in [1.82, 2.24) is 14.5 Å². The van der Waals surface area contributed by atoms with Gasteiger partial charge in [-0.2, -0.15) is 0 Å². The van der Waals surface area contributed by atoms with Gasteiger partial charge in [-0.3, -0.25) is 9.59 Å². The van der Waals surface area contributed by atoms with E-state index in [1.807, 2.05) is 48.9 Å². The average molecular weight is 476 g/mol. The Labute approximate surface area is 204 Å². The molecule has 2 aromatic carbocycles. The second kappa shape index (κ2) is 10.5. The zero-order valence-electron chi connectivity index (χ0n) is 20.0. The number of benzene rings is 2. The molecule has 8 nitrogen and oxygen atoms in total. The number of aliphatic hydroxyl groups excluding tert-OH is 1. The van der Waals surface area contributed by atoms with Crippen molar-refractivity contribution in [3.8, 4) is 11.5 Å². The average Bonchev–Trinajstić information content (AvgIpc) is 3.46. The summed E-state index contributed by atoms with van der Waals surface area (Å²) in [6.45, 7) is 4.88. The Hall–Kier alpha value is -4.07. The van der Waals surface area contributed by atoms with E-state index in [1.54, 1.807) is 43.9 Å². The van der Waals surface area contributed by atoms with Gasteiger partial charge in [0.25, 0.3) is 11.7 Å². The fourth-order valence-electron chi connectivity index (χ4n) is 4.21. The van der Waals surface area contributed by atoms with Crippen molar-refractivity contribution in [1.29, 1.82) is 0 Å². The Morgan fingerprint density at radius 1 is 1.03 bits per heavy atom. The number of ketones is 1. The Bertz CT molecular complexity index is 1200. The minimum Gasteiger partial charge on any atom is -0.507 e. The third-order valence-electron chi connectivity index (χ3n) is 5.85. The number of hydrogen-bond donors (Lipinski definition) is 1. The molecule has 1 fully saturated rings. The topological polar surface area (TPSA) is 93.9 Å². The molecule has 0 saturated carbocycles. The van der Waals surface area contributed by atoms with Crippen molar-refractivity contribution in [2.45, 2.75) is 39.0 Å². The molecule has 0 radical (unpaired) electrons. The molecule has 0 spiro atoms. The summed E-state index contributed by atoms with van der Waals surface area (Å²) >= 11 is 0. The second-order valence-electron chi connectivity index (χ2n) is 8.61. The predicted octanol–water partition coefficient (Wildman–Crippen LogP) is 4.19. The van der Waals surface area contributed by atoms with Crippen LogP contribution in [-0.4, -0.2) is 51.0 Å². The number of likely N-dealkylation sites (tertiary alicyclic amines) is 1. The van der Waals surface area contributed by atoms with Gasteiger partial charge in [0.1, 0.15) is 17.3 Å². The number of aromatic nitrogens is 2. The molecule has 1 saturated heterocycles. The Balaban J connectivity index is 1.71. The molecule has 0 bridgehead atoms. The maximum Gasteiger partial charge on any atom is 0.295 e. The third-order valence-corrected chi connectivity index (χ3v) is 5.85. The lowest BCUT2D eigenvalue weighted by molar-refractivity contribution is -0.139. The van der Waals surface area contributed by atoms with Crippen molar-refractivity contribution in [3.05, 3.63) is 84.0 Å². The number of imidazole rings is 1. The smallest absolute Gasteiger partial charge is 0.295 e. The molecule has 1 aliphatic rings. The molecule has 182 valence electrons. The summed E-state index contributed by atoms with van der Waals surface area (Å²) in [6, 6.07) is 13.3. The number of methoxy groups -OCH3 is 1. The van der Waals surface area contributed by atoms with Crippen LogP contribution in [0.5, 0.6) is 11.5 Å². The number of Topliss-reactive ketones (excluding diaryl/α,β-unsaturated/α-hetero) is 1. The highest BCUT2D eigenvalue weighted by molar-refractivity contribution is 6.46. The minimum absolute atomic E-state index is 0.0183. The van der Waals surface area contributed by atoms with Gasteiger partial charge < -0.3 is 24.0 Å². The van der Waals surface area contributed by atoms with Crippen molar-refractivity contribution in [3.63, 3.8) is 0 Å². The normalized spacial score (nSPS) is 17.3. The van der Waals surface area contributed by atoms with Crippen LogP contribution in [-0.2, 0) is 16.1 Å². The first kappa shape index (κ1) is 24.1. The Morgan fingerprint density at radius 2 is 1.71 bits per heavy atom. The fraction of sp³-hybridized carbons (Fsp3) is 0.296. The molecule has 1 atom stereocenters. The van der Waals surface area contributed by atoms with E-state index < -0.39 is 17.7 Å². The molecule has 8 heteroatoms. The lowest BCUT2D eigenvalue weighted by Crippen LogP contribution is -2.31. The molecule has 4 rings (SSSR count). The van der Waals surface area contributed by atoms with Crippen LogP contribution in [0.2, 0.25) is 0 Å². The monoisotopic (exact) mass is 475 g/mol. The van der Waals surface area contributed by atoms with Gasteiger partial charge in [0, 0.05) is 31.0 Å². The van der Waals surface area contributed by atoms with E-state index in [9.17, 15) is 14.7 Å². The first-order valence-electron chi connectivity index (χ1n) is 11.5. The number of carbonyl (C=O) groups excluding carboxylic acids is 2. The Morgan fingerprint density at radius 3 is 2.31 bits per heavy atom. The van der Waals surface area contributed by atoms with Crippen molar-refractivity contribution >= 4 is 17.4 Å². The van der Waals surface area contributed by atoms with Crippen LogP contribution in [0.25, 0.3) is 5.76 Å². The van der Waals surface area contributed by atoms with Gasteiger partial charge in [-0.1, -0.05) is 12.1 Å². The number of rotatable bonds is 9. The molecule has 0 aliphatic carbocycles. The zero-order chi connectivity index (χ0) is 24.9. The van der Waals surface area contributed by atoms with Gasteiger partial charge in [-0.15, -0.1) is 0 Å². The first-order chi connectivity index (χ1) is 16.9. The summed E-state index contributed by atoms with van der Waals surface area (Å²) in [5.41, 5.74) is 1.23.